The number of halogens is 1. The summed E-state index contributed by atoms with van der Waals surface area (Å²) >= 11 is 2.34. The summed E-state index contributed by atoms with van der Waals surface area (Å²) in [5.41, 5.74) is 3.93. The maximum absolute atomic E-state index is 5.13. The summed E-state index contributed by atoms with van der Waals surface area (Å²) in [6.07, 6.45) is 0.964. The summed E-state index contributed by atoms with van der Waals surface area (Å²) in [4.78, 5) is 0. The SMILES string of the molecule is CCNC(c1ccc(I)cc1)c1ccc(CCOC)cc1. The van der Waals surface area contributed by atoms with Crippen molar-refractivity contribution in [3.8, 4) is 0 Å². The van der Waals surface area contributed by atoms with E-state index in [0.717, 1.165) is 19.6 Å². The second kappa shape index (κ2) is 8.51. The molecule has 2 rings (SSSR count). The van der Waals surface area contributed by atoms with Crippen molar-refractivity contribution in [2.75, 3.05) is 20.3 Å². The molecule has 1 unspecified atom stereocenters. The Balaban J connectivity index is 2.19. The molecule has 2 nitrogen and oxygen atoms in total. The fraction of sp³-hybridized carbons (Fsp3) is 0.333. The van der Waals surface area contributed by atoms with E-state index in [1.165, 1.54) is 20.3 Å². The Hall–Kier alpha value is -0.910. The van der Waals surface area contributed by atoms with Crippen LogP contribution in [0.1, 0.15) is 29.7 Å². The third-order valence-electron chi connectivity index (χ3n) is 3.52. The van der Waals surface area contributed by atoms with Gasteiger partial charge in [0.05, 0.1) is 12.6 Å². The molecular formula is C18H22INO. The number of benzene rings is 2. The molecule has 0 aliphatic rings. The van der Waals surface area contributed by atoms with Crippen molar-refractivity contribution >= 4 is 22.6 Å². The quantitative estimate of drug-likeness (QED) is 0.711. The predicted octanol–water partition coefficient (Wildman–Crippen LogP) is 4.18. The lowest BCUT2D eigenvalue weighted by molar-refractivity contribution is 0.202. The van der Waals surface area contributed by atoms with Gasteiger partial charge >= 0.3 is 0 Å². The molecule has 0 spiro atoms. The molecule has 0 aliphatic heterocycles. The highest BCUT2D eigenvalue weighted by Crippen LogP contribution is 2.23. The molecule has 1 N–H and O–H groups in total. The topological polar surface area (TPSA) is 21.3 Å². The van der Waals surface area contributed by atoms with Gasteiger partial charge in [-0.2, -0.15) is 0 Å². The van der Waals surface area contributed by atoms with Crippen LogP contribution in [0.4, 0.5) is 0 Å². The highest BCUT2D eigenvalue weighted by atomic mass is 127. The summed E-state index contributed by atoms with van der Waals surface area (Å²) < 4.78 is 6.39. The van der Waals surface area contributed by atoms with E-state index in [9.17, 15) is 0 Å². The molecule has 0 amide bonds. The zero-order valence-electron chi connectivity index (χ0n) is 12.6. The van der Waals surface area contributed by atoms with E-state index in [0.29, 0.717) is 0 Å². The van der Waals surface area contributed by atoms with Gasteiger partial charge < -0.3 is 10.1 Å². The van der Waals surface area contributed by atoms with Gasteiger partial charge in [0.15, 0.2) is 0 Å². The molecule has 2 aromatic rings. The minimum Gasteiger partial charge on any atom is -0.384 e. The number of nitrogens with one attached hydrogen (secondary N) is 1. The van der Waals surface area contributed by atoms with Crippen molar-refractivity contribution in [3.63, 3.8) is 0 Å². The van der Waals surface area contributed by atoms with E-state index < -0.39 is 0 Å². The van der Waals surface area contributed by atoms with Gasteiger partial charge in [0.25, 0.3) is 0 Å². The molecule has 3 heteroatoms. The molecule has 0 aliphatic carbocycles. The van der Waals surface area contributed by atoms with Crippen LogP contribution in [0, 0.1) is 3.57 Å². The van der Waals surface area contributed by atoms with Gasteiger partial charge in [0.2, 0.25) is 0 Å². The Morgan fingerprint density at radius 3 is 2.10 bits per heavy atom. The molecule has 0 fully saturated rings. The molecule has 0 heterocycles. The van der Waals surface area contributed by atoms with Crippen molar-refractivity contribution in [1.29, 1.82) is 0 Å². The van der Waals surface area contributed by atoms with Gasteiger partial charge in [-0.05, 0) is 64.4 Å². The summed E-state index contributed by atoms with van der Waals surface area (Å²) in [6, 6.07) is 17.8. The van der Waals surface area contributed by atoms with Crippen LogP contribution in [0.3, 0.4) is 0 Å². The van der Waals surface area contributed by atoms with E-state index in [-0.39, 0.29) is 6.04 Å². The van der Waals surface area contributed by atoms with Crippen molar-refractivity contribution in [2.45, 2.75) is 19.4 Å². The summed E-state index contributed by atoms with van der Waals surface area (Å²) in [7, 11) is 1.74. The fourth-order valence-corrected chi connectivity index (χ4v) is 2.74. The molecule has 0 saturated carbocycles. The smallest absolute Gasteiger partial charge is 0.0576 e. The van der Waals surface area contributed by atoms with Gasteiger partial charge in [-0.3, -0.25) is 0 Å². The first kappa shape index (κ1) is 16.5. The first-order chi connectivity index (χ1) is 10.2. The van der Waals surface area contributed by atoms with Gasteiger partial charge in [-0.1, -0.05) is 43.3 Å². The van der Waals surface area contributed by atoms with Gasteiger partial charge in [-0.25, -0.2) is 0 Å². The summed E-state index contributed by atoms with van der Waals surface area (Å²) in [5, 5.41) is 3.57. The Morgan fingerprint density at radius 1 is 1.00 bits per heavy atom. The van der Waals surface area contributed by atoms with Crippen molar-refractivity contribution in [3.05, 3.63) is 68.8 Å². The Bertz CT molecular complexity index is 536. The standard InChI is InChI=1S/C18H22INO/c1-3-20-18(16-8-10-17(19)11-9-16)15-6-4-14(5-7-15)12-13-21-2/h4-11,18,20H,3,12-13H2,1-2H3. The van der Waals surface area contributed by atoms with Gasteiger partial charge in [0, 0.05) is 10.7 Å². The van der Waals surface area contributed by atoms with E-state index >= 15 is 0 Å². The first-order valence-corrected chi connectivity index (χ1v) is 8.39. The van der Waals surface area contributed by atoms with Crippen LogP contribution in [0.5, 0.6) is 0 Å². The van der Waals surface area contributed by atoms with Gasteiger partial charge in [-0.15, -0.1) is 0 Å². The van der Waals surface area contributed by atoms with Crippen molar-refractivity contribution in [2.24, 2.45) is 0 Å². The van der Waals surface area contributed by atoms with Crippen LogP contribution in [-0.2, 0) is 11.2 Å². The minimum absolute atomic E-state index is 0.253. The van der Waals surface area contributed by atoms with Crippen molar-refractivity contribution < 1.29 is 4.74 Å². The Kier molecular flexibility index (Phi) is 6.67. The lowest BCUT2D eigenvalue weighted by Crippen LogP contribution is -2.22. The lowest BCUT2D eigenvalue weighted by Gasteiger charge is -2.19. The summed E-state index contributed by atoms with van der Waals surface area (Å²) in [5.74, 6) is 0. The molecular weight excluding hydrogens is 373 g/mol. The van der Waals surface area contributed by atoms with Crippen LogP contribution in [0.25, 0.3) is 0 Å². The largest absolute Gasteiger partial charge is 0.384 e. The van der Waals surface area contributed by atoms with E-state index in [1.54, 1.807) is 7.11 Å². The fourth-order valence-electron chi connectivity index (χ4n) is 2.38. The molecule has 0 saturated heterocycles. The number of hydrogen-bond donors (Lipinski definition) is 1. The Labute approximate surface area is 141 Å². The third-order valence-corrected chi connectivity index (χ3v) is 4.24. The maximum Gasteiger partial charge on any atom is 0.0576 e. The molecule has 0 bridgehead atoms. The number of ether oxygens (including phenoxy) is 1. The first-order valence-electron chi connectivity index (χ1n) is 7.31. The van der Waals surface area contributed by atoms with Crippen LogP contribution in [-0.4, -0.2) is 20.3 Å². The maximum atomic E-state index is 5.13. The number of methoxy groups -OCH3 is 1. The van der Waals surface area contributed by atoms with Crippen LogP contribution in [0.15, 0.2) is 48.5 Å². The lowest BCUT2D eigenvalue weighted by atomic mass is 9.97. The zero-order valence-corrected chi connectivity index (χ0v) is 14.8. The van der Waals surface area contributed by atoms with Crippen LogP contribution < -0.4 is 5.32 Å². The zero-order chi connectivity index (χ0) is 15.1. The average molecular weight is 395 g/mol. The highest BCUT2D eigenvalue weighted by Gasteiger charge is 2.12. The van der Waals surface area contributed by atoms with Gasteiger partial charge in [0.1, 0.15) is 0 Å². The van der Waals surface area contributed by atoms with E-state index in [2.05, 4.69) is 83.4 Å². The molecule has 112 valence electrons. The van der Waals surface area contributed by atoms with Crippen molar-refractivity contribution in [1.82, 2.24) is 5.32 Å². The van der Waals surface area contributed by atoms with Crippen LogP contribution in [0.2, 0.25) is 0 Å². The highest BCUT2D eigenvalue weighted by molar-refractivity contribution is 14.1. The second-order valence-corrected chi connectivity index (χ2v) is 6.27. The third kappa shape index (κ3) is 4.80. The predicted molar refractivity (Wildman–Crippen MR) is 96.7 cm³/mol. The number of rotatable bonds is 7. The molecule has 2 aromatic carbocycles. The monoisotopic (exact) mass is 395 g/mol. The van der Waals surface area contributed by atoms with E-state index in [1.807, 2.05) is 0 Å². The number of hydrogen-bond acceptors (Lipinski definition) is 2. The molecule has 21 heavy (non-hydrogen) atoms. The average Bonchev–Trinajstić information content (AvgIpc) is 2.52. The Morgan fingerprint density at radius 2 is 1.57 bits per heavy atom. The minimum atomic E-state index is 0.253. The summed E-state index contributed by atoms with van der Waals surface area (Å²) in [6.45, 7) is 3.86. The molecule has 0 radical (unpaired) electrons. The molecule has 0 aromatic heterocycles. The molecule has 1 atom stereocenters. The van der Waals surface area contributed by atoms with E-state index in [4.69, 9.17) is 4.74 Å². The van der Waals surface area contributed by atoms with Crippen LogP contribution >= 0.6 is 22.6 Å². The second-order valence-electron chi connectivity index (χ2n) is 5.03. The normalized spacial score (nSPS) is 12.3.